The third-order valence-corrected chi connectivity index (χ3v) is 4.04. The van der Waals surface area contributed by atoms with Crippen LogP contribution in [0.15, 0.2) is 0 Å². The molecule has 3 heteroatoms. The van der Waals surface area contributed by atoms with Crippen molar-refractivity contribution < 1.29 is 4.79 Å². The molecule has 2 nitrogen and oxygen atoms in total. The summed E-state index contributed by atoms with van der Waals surface area (Å²) in [5, 5.41) is 2.99. The minimum absolute atomic E-state index is 0.132. The Morgan fingerprint density at radius 3 is 2.50 bits per heavy atom. The maximum atomic E-state index is 11.3. The number of hydrogen-bond acceptors (Lipinski definition) is 2. The van der Waals surface area contributed by atoms with Crippen LogP contribution in [-0.4, -0.2) is 17.8 Å². The van der Waals surface area contributed by atoms with Crippen molar-refractivity contribution in [2.75, 3.05) is 7.05 Å². The van der Waals surface area contributed by atoms with Gasteiger partial charge in [0.15, 0.2) is 0 Å². The normalized spacial score (nSPS) is 29.1. The minimum Gasteiger partial charge on any atom is -0.383 e. The molecule has 1 fully saturated rings. The zero-order chi connectivity index (χ0) is 10.9. The van der Waals surface area contributed by atoms with Gasteiger partial charge < -0.3 is 5.32 Å². The third-order valence-electron chi connectivity index (χ3n) is 3.67. The summed E-state index contributed by atoms with van der Waals surface area (Å²) in [6, 6.07) is 0. The van der Waals surface area contributed by atoms with Crippen LogP contribution in [0, 0.1) is 17.3 Å². The van der Waals surface area contributed by atoms with E-state index in [9.17, 15) is 4.79 Å². The van der Waals surface area contributed by atoms with Gasteiger partial charge in [-0.3, -0.25) is 4.79 Å². The highest BCUT2D eigenvalue weighted by Gasteiger charge is 2.49. The molecule has 1 aliphatic carbocycles. The van der Waals surface area contributed by atoms with Crippen molar-refractivity contribution in [1.82, 2.24) is 5.32 Å². The molecule has 0 bridgehead atoms. The van der Waals surface area contributed by atoms with Crippen LogP contribution >= 0.6 is 12.2 Å². The molecule has 0 aliphatic heterocycles. The van der Waals surface area contributed by atoms with Gasteiger partial charge in [-0.1, -0.05) is 26.1 Å². The highest BCUT2D eigenvalue weighted by atomic mass is 32.1. The zero-order valence-corrected chi connectivity index (χ0v) is 10.2. The predicted molar refractivity (Wildman–Crippen MR) is 62.3 cm³/mol. The van der Waals surface area contributed by atoms with Gasteiger partial charge in [-0.25, -0.2) is 0 Å². The van der Waals surface area contributed by atoms with Crippen LogP contribution in [0.2, 0.25) is 0 Å². The van der Waals surface area contributed by atoms with E-state index >= 15 is 0 Å². The first kappa shape index (κ1) is 11.6. The number of hydrogen-bond donors (Lipinski definition) is 1. The molecular formula is C11H19NOS. The highest BCUT2D eigenvalue weighted by Crippen LogP contribution is 2.53. The van der Waals surface area contributed by atoms with Crippen molar-refractivity contribution in [2.24, 2.45) is 17.3 Å². The molecule has 0 aromatic carbocycles. The van der Waals surface area contributed by atoms with E-state index < -0.39 is 0 Å². The molecular weight excluding hydrogens is 194 g/mol. The van der Waals surface area contributed by atoms with Gasteiger partial charge in [0.1, 0.15) is 5.78 Å². The second-order valence-electron chi connectivity index (χ2n) is 4.79. The first-order valence-corrected chi connectivity index (χ1v) is 5.51. The van der Waals surface area contributed by atoms with E-state index in [4.69, 9.17) is 12.2 Å². The van der Waals surface area contributed by atoms with Crippen LogP contribution in [0.3, 0.4) is 0 Å². The number of nitrogens with one attached hydrogen (secondary N) is 1. The van der Waals surface area contributed by atoms with Crippen molar-refractivity contribution in [2.45, 2.75) is 33.6 Å². The molecule has 1 rings (SSSR count). The Kier molecular flexibility index (Phi) is 3.30. The Morgan fingerprint density at radius 1 is 1.57 bits per heavy atom. The number of thiocarbonyl (C=S) groups is 1. The van der Waals surface area contributed by atoms with Crippen molar-refractivity contribution >= 4 is 23.0 Å². The van der Waals surface area contributed by atoms with Gasteiger partial charge in [0.05, 0.1) is 4.99 Å². The highest BCUT2D eigenvalue weighted by molar-refractivity contribution is 7.80. The summed E-state index contributed by atoms with van der Waals surface area (Å²) in [5.74, 6) is 1.13. The van der Waals surface area contributed by atoms with Gasteiger partial charge in [-0.2, -0.15) is 0 Å². The quantitative estimate of drug-likeness (QED) is 0.729. The SMILES string of the molecule is CNC(=S)CC1CC(C(C)=O)C1(C)C. The molecule has 0 aromatic heterocycles. The van der Waals surface area contributed by atoms with Crippen LogP contribution in [0.25, 0.3) is 0 Å². The molecule has 1 N–H and O–H groups in total. The Morgan fingerprint density at radius 2 is 2.14 bits per heavy atom. The van der Waals surface area contributed by atoms with E-state index in [-0.39, 0.29) is 11.3 Å². The number of Topliss-reactive ketones (excluding diaryl/α,β-unsaturated/α-hetero) is 1. The Labute approximate surface area is 91.5 Å². The fourth-order valence-electron chi connectivity index (χ4n) is 2.38. The van der Waals surface area contributed by atoms with Crippen molar-refractivity contribution in [3.8, 4) is 0 Å². The summed E-state index contributed by atoms with van der Waals surface area (Å²) in [4.78, 5) is 12.2. The van der Waals surface area contributed by atoms with Gasteiger partial charge in [-0.15, -0.1) is 0 Å². The monoisotopic (exact) mass is 213 g/mol. The summed E-state index contributed by atoms with van der Waals surface area (Å²) >= 11 is 5.14. The lowest BCUT2D eigenvalue weighted by atomic mass is 9.53. The largest absolute Gasteiger partial charge is 0.383 e. The number of carbonyl (C=O) groups excluding carboxylic acids is 1. The van der Waals surface area contributed by atoms with Crippen LogP contribution in [0.5, 0.6) is 0 Å². The fourth-order valence-corrected chi connectivity index (χ4v) is 2.58. The minimum atomic E-state index is 0.132. The molecule has 2 unspecified atom stereocenters. The van der Waals surface area contributed by atoms with E-state index in [1.54, 1.807) is 6.92 Å². The van der Waals surface area contributed by atoms with Crippen LogP contribution in [-0.2, 0) is 4.79 Å². The number of carbonyl (C=O) groups is 1. The summed E-state index contributed by atoms with van der Waals surface area (Å²) in [6.07, 6.45) is 1.92. The van der Waals surface area contributed by atoms with Gasteiger partial charge in [0.25, 0.3) is 0 Å². The number of rotatable bonds is 3. The third kappa shape index (κ3) is 1.97. The summed E-state index contributed by atoms with van der Waals surface area (Å²) in [6.45, 7) is 6.04. The molecule has 0 heterocycles. The maximum Gasteiger partial charge on any atom is 0.133 e. The van der Waals surface area contributed by atoms with Crippen LogP contribution < -0.4 is 5.32 Å². The Bertz CT molecular complexity index is 260. The van der Waals surface area contributed by atoms with Crippen LogP contribution in [0.4, 0.5) is 0 Å². The molecule has 0 saturated heterocycles. The average molecular weight is 213 g/mol. The van der Waals surface area contributed by atoms with E-state index in [2.05, 4.69) is 19.2 Å². The number of ketones is 1. The van der Waals surface area contributed by atoms with Gasteiger partial charge in [0.2, 0.25) is 0 Å². The first-order chi connectivity index (χ1) is 6.39. The first-order valence-electron chi connectivity index (χ1n) is 5.10. The fraction of sp³-hybridized carbons (Fsp3) is 0.818. The van der Waals surface area contributed by atoms with Gasteiger partial charge >= 0.3 is 0 Å². The molecule has 0 spiro atoms. The Hall–Kier alpha value is -0.440. The van der Waals surface area contributed by atoms with Gasteiger partial charge in [-0.05, 0) is 24.7 Å². The molecule has 2 atom stereocenters. The molecule has 0 radical (unpaired) electrons. The lowest BCUT2D eigenvalue weighted by Gasteiger charge is -2.51. The summed E-state index contributed by atoms with van der Waals surface area (Å²) < 4.78 is 0. The topological polar surface area (TPSA) is 29.1 Å². The van der Waals surface area contributed by atoms with Crippen molar-refractivity contribution in [3.63, 3.8) is 0 Å². The van der Waals surface area contributed by atoms with E-state index in [0.29, 0.717) is 11.7 Å². The molecule has 14 heavy (non-hydrogen) atoms. The Balaban J connectivity index is 2.54. The van der Waals surface area contributed by atoms with E-state index in [1.165, 1.54) is 0 Å². The maximum absolute atomic E-state index is 11.3. The van der Waals surface area contributed by atoms with Gasteiger partial charge in [0, 0.05) is 19.4 Å². The van der Waals surface area contributed by atoms with E-state index in [0.717, 1.165) is 17.8 Å². The predicted octanol–water partition coefficient (Wildman–Crippen LogP) is 2.17. The van der Waals surface area contributed by atoms with Crippen molar-refractivity contribution in [1.29, 1.82) is 0 Å². The summed E-state index contributed by atoms with van der Waals surface area (Å²) in [7, 11) is 1.86. The van der Waals surface area contributed by atoms with Crippen molar-refractivity contribution in [3.05, 3.63) is 0 Å². The average Bonchev–Trinajstić information content (AvgIpc) is 2.10. The molecule has 80 valence electrons. The smallest absolute Gasteiger partial charge is 0.133 e. The lowest BCUT2D eigenvalue weighted by Crippen LogP contribution is -2.49. The molecule has 1 aliphatic rings. The second-order valence-corrected chi connectivity index (χ2v) is 5.29. The lowest BCUT2D eigenvalue weighted by molar-refractivity contribution is -0.135. The zero-order valence-electron chi connectivity index (χ0n) is 9.39. The summed E-state index contributed by atoms with van der Waals surface area (Å²) in [5.41, 5.74) is 0.132. The molecule has 0 aromatic rings. The second kappa shape index (κ2) is 3.97. The molecule has 0 amide bonds. The standard InChI is InChI=1S/C11H19NOS/c1-7(13)9-5-8(11(9,2)3)6-10(14)12-4/h8-9H,5-6H2,1-4H3,(H,12,14). The van der Waals surface area contributed by atoms with E-state index in [1.807, 2.05) is 7.05 Å². The molecule has 1 saturated carbocycles. The van der Waals surface area contributed by atoms with Crippen LogP contribution in [0.1, 0.15) is 33.6 Å².